The summed E-state index contributed by atoms with van der Waals surface area (Å²) >= 11 is 11.7. The summed E-state index contributed by atoms with van der Waals surface area (Å²) < 4.78 is 5.45. The van der Waals surface area contributed by atoms with Crippen molar-refractivity contribution in [1.82, 2.24) is 0 Å². The first-order chi connectivity index (χ1) is 9.60. The minimum Gasteiger partial charge on any atom is -0.505 e. The van der Waals surface area contributed by atoms with E-state index < -0.39 is 0 Å². The van der Waals surface area contributed by atoms with Crippen LogP contribution in [-0.2, 0) is 6.54 Å². The number of rotatable bonds is 5. The Kier molecular flexibility index (Phi) is 4.99. The molecule has 0 aliphatic rings. The van der Waals surface area contributed by atoms with E-state index in [0.717, 1.165) is 17.0 Å². The van der Waals surface area contributed by atoms with E-state index in [1.807, 2.05) is 31.2 Å². The van der Waals surface area contributed by atoms with Gasteiger partial charge in [-0.25, -0.2) is 0 Å². The van der Waals surface area contributed by atoms with E-state index in [9.17, 15) is 5.11 Å². The minimum atomic E-state index is -0.0998. The number of phenolic OH excluding ortho intramolecular Hbond substituents is 1. The molecule has 0 heterocycles. The van der Waals surface area contributed by atoms with E-state index in [1.165, 1.54) is 0 Å². The number of hydrogen-bond acceptors (Lipinski definition) is 3. The molecule has 0 aromatic heterocycles. The number of halogens is 2. The van der Waals surface area contributed by atoms with Crippen molar-refractivity contribution < 1.29 is 9.84 Å². The maximum Gasteiger partial charge on any atom is 0.152 e. The van der Waals surface area contributed by atoms with E-state index in [0.29, 0.717) is 13.2 Å². The Balaban J connectivity index is 2.07. The highest BCUT2D eigenvalue weighted by Gasteiger charge is 2.06. The van der Waals surface area contributed by atoms with Crippen molar-refractivity contribution in [1.29, 1.82) is 0 Å². The summed E-state index contributed by atoms with van der Waals surface area (Å²) in [6.45, 7) is 3.20. The zero-order valence-electron chi connectivity index (χ0n) is 11.0. The molecule has 3 nitrogen and oxygen atoms in total. The lowest BCUT2D eigenvalue weighted by atomic mass is 10.2. The molecule has 20 heavy (non-hydrogen) atoms. The number of phenols is 1. The molecule has 5 heteroatoms. The molecule has 0 fully saturated rings. The molecule has 0 atom stereocenters. The van der Waals surface area contributed by atoms with E-state index in [1.54, 1.807) is 12.1 Å². The lowest BCUT2D eigenvalue weighted by Crippen LogP contribution is -2.00. The second-order valence-corrected chi connectivity index (χ2v) is 5.04. The zero-order valence-corrected chi connectivity index (χ0v) is 12.5. The quantitative estimate of drug-likeness (QED) is 0.786. The molecule has 0 aliphatic heterocycles. The molecule has 0 amide bonds. The first-order valence-corrected chi connectivity index (χ1v) is 6.99. The van der Waals surface area contributed by atoms with Crippen LogP contribution < -0.4 is 10.1 Å². The predicted molar refractivity (Wildman–Crippen MR) is 83.1 cm³/mol. The molecule has 0 unspecified atom stereocenters. The Labute approximate surface area is 128 Å². The Morgan fingerprint density at radius 2 is 1.85 bits per heavy atom. The van der Waals surface area contributed by atoms with Crippen LogP contribution in [0.1, 0.15) is 12.5 Å². The number of anilines is 1. The van der Waals surface area contributed by atoms with Crippen LogP contribution in [0.2, 0.25) is 10.0 Å². The van der Waals surface area contributed by atoms with Gasteiger partial charge >= 0.3 is 0 Å². The average molecular weight is 312 g/mol. The monoisotopic (exact) mass is 311 g/mol. The molecule has 0 saturated carbocycles. The number of nitrogens with one attached hydrogen (secondary N) is 1. The number of ether oxygens (including phenoxy) is 1. The third-order valence-corrected chi connectivity index (χ3v) is 3.30. The largest absolute Gasteiger partial charge is 0.505 e. The lowest BCUT2D eigenvalue weighted by Gasteiger charge is -2.10. The molecular formula is C15H15Cl2NO2. The van der Waals surface area contributed by atoms with Crippen LogP contribution in [-0.4, -0.2) is 11.7 Å². The smallest absolute Gasteiger partial charge is 0.152 e. The molecule has 2 rings (SSSR count). The number of benzene rings is 2. The van der Waals surface area contributed by atoms with Crippen molar-refractivity contribution in [2.45, 2.75) is 13.5 Å². The molecule has 2 aromatic carbocycles. The Hall–Kier alpha value is -1.58. The maximum atomic E-state index is 9.50. The fraction of sp³-hybridized carbons (Fsp3) is 0.200. The Morgan fingerprint density at radius 1 is 1.15 bits per heavy atom. The lowest BCUT2D eigenvalue weighted by molar-refractivity contribution is 0.340. The SMILES string of the molecule is CCOc1cccc(CNc2cc(Cl)c(O)c(Cl)c2)c1. The van der Waals surface area contributed by atoms with Crippen LogP contribution in [0.15, 0.2) is 36.4 Å². The maximum absolute atomic E-state index is 9.50. The van der Waals surface area contributed by atoms with Gasteiger partial charge in [0.15, 0.2) is 5.75 Å². The van der Waals surface area contributed by atoms with Gasteiger partial charge in [0.1, 0.15) is 5.75 Å². The third-order valence-electron chi connectivity index (χ3n) is 2.72. The number of hydrogen-bond donors (Lipinski definition) is 2. The van der Waals surface area contributed by atoms with Gasteiger partial charge in [-0.1, -0.05) is 35.3 Å². The van der Waals surface area contributed by atoms with Gasteiger partial charge in [0.25, 0.3) is 0 Å². The third kappa shape index (κ3) is 3.71. The molecule has 0 saturated heterocycles. The topological polar surface area (TPSA) is 41.5 Å². The summed E-state index contributed by atoms with van der Waals surface area (Å²) in [5.41, 5.74) is 1.83. The molecule has 0 bridgehead atoms. The van der Waals surface area contributed by atoms with Crippen LogP contribution >= 0.6 is 23.2 Å². The molecule has 2 aromatic rings. The van der Waals surface area contributed by atoms with Gasteiger partial charge in [0.2, 0.25) is 0 Å². The molecule has 0 radical (unpaired) electrons. The van der Waals surface area contributed by atoms with E-state index in [-0.39, 0.29) is 15.8 Å². The fourth-order valence-electron chi connectivity index (χ4n) is 1.78. The second-order valence-electron chi connectivity index (χ2n) is 4.22. The van der Waals surface area contributed by atoms with Crippen molar-refractivity contribution in [2.75, 3.05) is 11.9 Å². The van der Waals surface area contributed by atoms with Gasteiger partial charge < -0.3 is 15.2 Å². The molecular weight excluding hydrogens is 297 g/mol. The molecule has 106 valence electrons. The second kappa shape index (κ2) is 6.73. The highest BCUT2D eigenvalue weighted by molar-refractivity contribution is 6.37. The summed E-state index contributed by atoms with van der Waals surface area (Å²) in [5, 5.41) is 13.2. The summed E-state index contributed by atoms with van der Waals surface area (Å²) in [6.07, 6.45) is 0. The van der Waals surface area contributed by atoms with Crippen molar-refractivity contribution in [3.63, 3.8) is 0 Å². The van der Waals surface area contributed by atoms with Gasteiger partial charge in [-0.05, 0) is 36.8 Å². The van der Waals surface area contributed by atoms with Crippen molar-refractivity contribution in [3.8, 4) is 11.5 Å². The van der Waals surface area contributed by atoms with Gasteiger partial charge in [-0.2, -0.15) is 0 Å². The van der Waals surface area contributed by atoms with Crippen LogP contribution in [0.25, 0.3) is 0 Å². The molecule has 2 N–H and O–H groups in total. The standard InChI is InChI=1S/C15H15Cl2NO2/c1-2-20-12-5-3-4-10(6-12)9-18-11-7-13(16)15(19)14(17)8-11/h3-8,18-19H,2,9H2,1H3. The van der Waals surface area contributed by atoms with E-state index in [4.69, 9.17) is 27.9 Å². The summed E-state index contributed by atoms with van der Waals surface area (Å²) in [4.78, 5) is 0. The highest BCUT2D eigenvalue weighted by Crippen LogP contribution is 2.34. The van der Waals surface area contributed by atoms with Crippen molar-refractivity contribution >= 4 is 28.9 Å². The van der Waals surface area contributed by atoms with Crippen molar-refractivity contribution in [3.05, 3.63) is 52.0 Å². The summed E-state index contributed by atoms with van der Waals surface area (Å²) in [5.74, 6) is 0.741. The van der Waals surface area contributed by atoms with Gasteiger partial charge in [-0.3, -0.25) is 0 Å². The summed E-state index contributed by atoms with van der Waals surface area (Å²) in [7, 11) is 0. The van der Waals surface area contributed by atoms with E-state index >= 15 is 0 Å². The normalized spacial score (nSPS) is 10.3. The first kappa shape index (κ1) is 14.8. The predicted octanol–water partition coefficient (Wildman–Crippen LogP) is 4.71. The van der Waals surface area contributed by atoms with Crippen molar-refractivity contribution in [2.24, 2.45) is 0 Å². The van der Waals surface area contributed by atoms with Crippen LogP contribution in [0, 0.1) is 0 Å². The number of aromatic hydroxyl groups is 1. The molecule has 0 spiro atoms. The highest BCUT2D eigenvalue weighted by atomic mass is 35.5. The van der Waals surface area contributed by atoms with Crippen LogP contribution in [0.3, 0.4) is 0 Å². The Morgan fingerprint density at radius 3 is 2.50 bits per heavy atom. The average Bonchev–Trinajstić information content (AvgIpc) is 2.43. The van der Waals surface area contributed by atoms with E-state index in [2.05, 4.69) is 5.32 Å². The first-order valence-electron chi connectivity index (χ1n) is 6.23. The van der Waals surface area contributed by atoms with Gasteiger partial charge in [0.05, 0.1) is 16.7 Å². The minimum absolute atomic E-state index is 0.0998. The van der Waals surface area contributed by atoms with Gasteiger partial charge in [-0.15, -0.1) is 0 Å². The van der Waals surface area contributed by atoms with Crippen LogP contribution in [0.5, 0.6) is 11.5 Å². The van der Waals surface area contributed by atoms with Crippen LogP contribution in [0.4, 0.5) is 5.69 Å². The zero-order chi connectivity index (χ0) is 14.5. The fourth-order valence-corrected chi connectivity index (χ4v) is 2.27. The summed E-state index contributed by atoms with van der Waals surface area (Å²) in [6, 6.07) is 11.1. The Bertz CT molecular complexity index is 579. The molecule has 0 aliphatic carbocycles. The van der Waals surface area contributed by atoms with Gasteiger partial charge in [0, 0.05) is 12.2 Å².